The minimum absolute atomic E-state index is 0.0268. The molecule has 8 atom stereocenters. The van der Waals surface area contributed by atoms with Gasteiger partial charge < -0.3 is 5.11 Å². The second kappa shape index (κ2) is 7.61. The van der Waals surface area contributed by atoms with Crippen LogP contribution < -0.4 is 0 Å². The normalized spacial score (nSPS) is 47.3. The zero-order chi connectivity index (χ0) is 22.8. The van der Waals surface area contributed by atoms with E-state index in [0.717, 1.165) is 23.8 Å². The second-order valence-corrected chi connectivity index (χ2v) is 13.3. The zero-order valence-corrected chi connectivity index (χ0v) is 21.4. The van der Waals surface area contributed by atoms with Gasteiger partial charge in [-0.15, -0.1) is 0 Å². The third kappa shape index (κ3) is 3.27. The minimum Gasteiger partial charge on any atom is -0.393 e. The van der Waals surface area contributed by atoms with E-state index in [2.05, 4.69) is 73.3 Å². The Morgan fingerprint density at radius 1 is 1.13 bits per heavy atom. The van der Waals surface area contributed by atoms with Gasteiger partial charge in [-0.25, -0.2) is 0 Å². The number of hydrogen-bond donors (Lipinski definition) is 1. The molecule has 0 bridgehead atoms. The molecule has 3 fully saturated rings. The van der Waals surface area contributed by atoms with Crippen molar-refractivity contribution in [1.29, 1.82) is 0 Å². The Kier molecular flexibility index (Phi) is 5.73. The van der Waals surface area contributed by atoms with Gasteiger partial charge >= 0.3 is 0 Å². The van der Waals surface area contributed by atoms with Crippen molar-refractivity contribution in [3.05, 3.63) is 36.0 Å². The van der Waals surface area contributed by atoms with Crippen LogP contribution in [0.3, 0.4) is 0 Å². The van der Waals surface area contributed by atoms with Gasteiger partial charge in [0.15, 0.2) is 0 Å². The Labute approximate surface area is 192 Å². The molecule has 1 heteroatoms. The van der Waals surface area contributed by atoms with Crippen molar-refractivity contribution in [2.24, 2.45) is 45.3 Å². The number of hydrogen-bond acceptors (Lipinski definition) is 1. The van der Waals surface area contributed by atoms with Gasteiger partial charge in [-0.2, -0.15) is 0 Å². The van der Waals surface area contributed by atoms with Gasteiger partial charge in [0.1, 0.15) is 0 Å². The highest BCUT2D eigenvalue weighted by molar-refractivity contribution is 5.33. The number of allylic oxidation sites excluding steroid dienone is 5. The van der Waals surface area contributed by atoms with E-state index in [1.807, 2.05) is 5.57 Å². The molecule has 0 aromatic heterocycles. The van der Waals surface area contributed by atoms with Crippen LogP contribution in [0.4, 0.5) is 0 Å². The van der Waals surface area contributed by atoms with E-state index in [9.17, 15) is 5.11 Å². The molecule has 4 aliphatic rings. The van der Waals surface area contributed by atoms with Crippen LogP contribution in [0.5, 0.6) is 0 Å². The molecule has 4 aliphatic carbocycles. The molecule has 0 saturated heterocycles. The Morgan fingerprint density at radius 2 is 1.84 bits per heavy atom. The van der Waals surface area contributed by atoms with Gasteiger partial charge in [-0.05, 0) is 104 Å². The van der Waals surface area contributed by atoms with Crippen molar-refractivity contribution in [3.63, 3.8) is 0 Å². The maximum Gasteiger partial charge on any atom is 0.0594 e. The molecule has 3 saturated carbocycles. The lowest BCUT2D eigenvalue weighted by molar-refractivity contribution is -0.131. The summed E-state index contributed by atoms with van der Waals surface area (Å²) in [5.41, 5.74) is 4.12. The fourth-order valence-electron chi connectivity index (χ4n) is 9.30. The topological polar surface area (TPSA) is 20.2 Å². The largest absolute Gasteiger partial charge is 0.393 e. The number of fused-ring (bicyclic) bond motifs is 5. The van der Waals surface area contributed by atoms with Crippen LogP contribution in [-0.2, 0) is 0 Å². The van der Waals surface area contributed by atoms with Crippen molar-refractivity contribution in [1.82, 2.24) is 0 Å². The molecule has 4 rings (SSSR count). The van der Waals surface area contributed by atoms with E-state index in [0.29, 0.717) is 28.1 Å². The molecule has 174 valence electrons. The molecule has 0 aliphatic heterocycles. The van der Waals surface area contributed by atoms with Crippen LogP contribution >= 0.6 is 0 Å². The first kappa shape index (κ1) is 23.3. The van der Waals surface area contributed by atoms with Gasteiger partial charge in [-0.3, -0.25) is 0 Å². The minimum atomic E-state index is -0.145. The molecule has 1 N–H and O–H groups in total. The van der Waals surface area contributed by atoms with Gasteiger partial charge in [-0.1, -0.05) is 77.5 Å². The van der Waals surface area contributed by atoms with Gasteiger partial charge in [0, 0.05) is 0 Å². The first-order valence-corrected chi connectivity index (χ1v) is 13.1. The Hall–Kier alpha value is -0.820. The summed E-state index contributed by atoms with van der Waals surface area (Å²) in [5.74, 6) is 2.86. The smallest absolute Gasteiger partial charge is 0.0594 e. The molecule has 0 amide bonds. The van der Waals surface area contributed by atoms with E-state index >= 15 is 0 Å². The Balaban J connectivity index is 1.64. The van der Waals surface area contributed by atoms with Crippen LogP contribution in [0, 0.1) is 45.3 Å². The number of rotatable bonds is 4. The number of aliphatic hydroxyl groups is 1. The Morgan fingerprint density at radius 3 is 2.52 bits per heavy atom. The van der Waals surface area contributed by atoms with Crippen LogP contribution in [0.2, 0.25) is 0 Å². The molecular formula is C30H48O. The summed E-state index contributed by atoms with van der Waals surface area (Å²) in [6.45, 7) is 21.1. The lowest BCUT2D eigenvalue weighted by Crippen LogP contribution is -2.58. The highest BCUT2D eigenvalue weighted by atomic mass is 16.3. The molecule has 0 unspecified atom stereocenters. The average Bonchev–Trinajstić information content (AvgIpc) is 2.96. The molecule has 1 nitrogen and oxygen atoms in total. The van der Waals surface area contributed by atoms with Crippen molar-refractivity contribution < 1.29 is 5.11 Å². The summed E-state index contributed by atoms with van der Waals surface area (Å²) < 4.78 is 0. The van der Waals surface area contributed by atoms with Crippen LogP contribution in [0.25, 0.3) is 0 Å². The maximum atomic E-state index is 10.8. The first-order valence-electron chi connectivity index (χ1n) is 13.1. The Bertz CT molecular complexity index is 786. The summed E-state index contributed by atoms with van der Waals surface area (Å²) in [7, 11) is 0. The van der Waals surface area contributed by atoms with E-state index in [1.165, 1.54) is 44.9 Å². The molecule has 0 aromatic rings. The van der Waals surface area contributed by atoms with Crippen molar-refractivity contribution in [2.45, 2.75) is 106 Å². The van der Waals surface area contributed by atoms with Crippen molar-refractivity contribution in [3.8, 4) is 0 Å². The molecule has 0 spiro atoms. The average molecular weight is 425 g/mol. The summed E-state index contributed by atoms with van der Waals surface area (Å²) in [4.78, 5) is 0. The highest BCUT2D eigenvalue weighted by Gasteiger charge is 2.65. The zero-order valence-electron chi connectivity index (χ0n) is 21.4. The van der Waals surface area contributed by atoms with E-state index in [4.69, 9.17) is 0 Å². The lowest BCUT2D eigenvalue weighted by Gasteiger charge is -2.64. The van der Waals surface area contributed by atoms with E-state index in [1.54, 1.807) is 0 Å². The molecule has 0 radical (unpaired) electrons. The summed E-state index contributed by atoms with van der Waals surface area (Å²) in [6, 6.07) is 0. The fraction of sp³-hybridized carbons (Fsp3) is 0.800. The highest BCUT2D eigenvalue weighted by Crippen LogP contribution is 2.73. The summed E-state index contributed by atoms with van der Waals surface area (Å²) >= 11 is 0. The van der Waals surface area contributed by atoms with Gasteiger partial charge in [0.05, 0.1) is 6.10 Å². The van der Waals surface area contributed by atoms with Crippen LogP contribution in [0.15, 0.2) is 36.0 Å². The maximum absolute atomic E-state index is 10.8. The molecular weight excluding hydrogens is 376 g/mol. The van der Waals surface area contributed by atoms with Crippen molar-refractivity contribution in [2.75, 3.05) is 0 Å². The predicted octanol–water partition coefficient (Wildman–Crippen LogP) is 8.11. The summed E-state index contributed by atoms with van der Waals surface area (Å²) in [6.07, 6.45) is 17.1. The molecule has 0 heterocycles. The third-order valence-corrected chi connectivity index (χ3v) is 11.5. The third-order valence-electron chi connectivity index (χ3n) is 11.5. The second-order valence-electron chi connectivity index (χ2n) is 13.3. The van der Waals surface area contributed by atoms with Crippen LogP contribution in [0.1, 0.15) is 99.8 Å². The van der Waals surface area contributed by atoms with Gasteiger partial charge in [0.2, 0.25) is 0 Å². The molecule has 0 aromatic carbocycles. The van der Waals surface area contributed by atoms with E-state index in [-0.39, 0.29) is 11.5 Å². The first-order chi connectivity index (χ1) is 14.4. The SMILES string of the molecule is C=C(C)/C=C/C[C@H](C)[C@@H]1CC[C@]2(C)C3=CC[C@H]4C(C)(C)[C@@H](O)CC[C@]4(C)[C@H]3CC[C@@]12C. The fourth-order valence-corrected chi connectivity index (χ4v) is 9.30. The van der Waals surface area contributed by atoms with Gasteiger partial charge in [0.25, 0.3) is 0 Å². The lowest BCUT2D eigenvalue weighted by atomic mass is 9.41. The van der Waals surface area contributed by atoms with Crippen molar-refractivity contribution >= 4 is 0 Å². The molecule has 31 heavy (non-hydrogen) atoms. The standard InChI is InChI=1S/C30H48O/c1-20(2)10-9-11-21(3)22-14-18-30(8)24-12-13-25-27(4,5)26(31)16-17-28(25,6)23(24)15-19-29(22,30)7/h9-10,12,21-23,25-26,31H,1,11,13-19H2,2-8H3/b10-9+/t21-,22-,23-,25-,26-,28+,29-,30+/m0/s1. The predicted molar refractivity (Wildman–Crippen MR) is 133 cm³/mol. The van der Waals surface area contributed by atoms with E-state index < -0.39 is 0 Å². The monoisotopic (exact) mass is 424 g/mol. The van der Waals surface area contributed by atoms with Crippen LogP contribution in [-0.4, -0.2) is 11.2 Å². The summed E-state index contributed by atoms with van der Waals surface area (Å²) in [5, 5.41) is 10.8. The number of aliphatic hydroxyl groups excluding tert-OH is 1. The quantitative estimate of drug-likeness (QED) is 0.357.